The van der Waals surface area contributed by atoms with Crippen LogP contribution in [-0.4, -0.2) is 31.3 Å². The molecule has 2 aromatic rings. The number of benzene rings is 2. The molecule has 0 spiro atoms. The molecule has 0 bridgehead atoms. The summed E-state index contributed by atoms with van der Waals surface area (Å²) in [5.74, 6) is 0.824. The van der Waals surface area contributed by atoms with Crippen LogP contribution in [0.4, 0.5) is 0 Å². The molecule has 136 valence electrons. The third-order valence-electron chi connectivity index (χ3n) is 3.48. The molecule has 2 aromatic carbocycles. The Labute approximate surface area is 166 Å². The second kappa shape index (κ2) is 11.0. The summed E-state index contributed by atoms with van der Waals surface area (Å²) in [4.78, 5) is 0. The van der Waals surface area contributed by atoms with Crippen LogP contribution < -0.4 is 15.4 Å². The molecule has 0 atom stereocenters. The summed E-state index contributed by atoms with van der Waals surface area (Å²) in [6.45, 7) is 3.47. The van der Waals surface area contributed by atoms with Crippen LogP contribution >= 0.6 is 39.1 Å². The third-order valence-corrected chi connectivity index (χ3v) is 4.72. The molecular formula is C18H21BrCl2N2O2. The highest BCUT2D eigenvalue weighted by Gasteiger charge is 2.06. The lowest BCUT2D eigenvalue weighted by Gasteiger charge is -2.13. The van der Waals surface area contributed by atoms with Gasteiger partial charge in [0.1, 0.15) is 12.4 Å². The minimum atomic E-state index is 0.151. The van der Waals surface area contributed by atoms with Gasteiger partial charge in [-0.1, -0.05) is 45.2 Å². The van der Waals surface area contributed by atoms with Crippen molar-refractivity contribution in [2.45, 2.75) is 13.2 Å². The quantitative estimate of drug-likeness (QED) is 0.481. The molecule has 7 heteroatoms. The first-order valence-electron chi connectivity index (χ1n) is 7.97. The Balaban J connectivity index is 1.92. The summed E-state index contributed by atoms with van der Waals surface area (Å²) < 4.78 is 6.96. The monoisotopic (exact) mass is 446 g/mol. The van der Waals surface area contributed by atoms with E-state index in [0.717, 1.165) is 34.4 Å². The molecule has 0 aliphatic carbocycles. The summed E-state index contributed by atoms with van der Waals surface area (Å²) >= 11 is 15.5. The SMILES string of the molecule is OCCNCCNCc1cc(Br)ccc1OCc1ccc(Cl)c(Cl)c1. The topological polar surface area (TPSA) is 53.5 Å². The van der Waals surface area contributed by atoms with Gasteiger partial charge in [-0.3, -0.25) is 0 Å². The third kappa shape index (κ3) is 7.13. The van der Waals surface area contributed by atoms with Crippen LogP contribution in [0.2, 0.25) is 10.0 Å². The van der Waals surface area contributed by atoms with Crippen molar-refractivity contribution in [1.82, 2.24) is 10.6 Å². The van der Waals surface area contributed by atoms with Gasteiger partial charge in [0.05, 0.1) is 16.7 Å². The van der Waals surface area contributed by atoms with Crippen molar-refractivity contribution in [1.29, 1.82) is 0 Å². The van der Waals surface area contributed by atoms with Crippen molar-refractivity contribution in [2.24, 2.45) is 0 Å². The Morgan fingerprint density at radius 1 is 0.960 bits per heavy atom. The molecule has 0 amide bonds. The lowest BCUT2D eigenvalue weighted by Crippen LogP contribution is -2.28. The highest BCUT2D eigenvalue weighted by atomic mass is 79.9. The number of aliphatic hydroxyl groups excluding tert-OH is 1. The Morgan fingerprint density at radius 3 is 2.52 bits per heavy atom. The normalized spacial score (nSPS) is 10.9. The second-order valence-corrected chi connectivity index (χ2v) is 7.17. The van der Waals surface area contributed by atoms with E-state index in [2.05, 4.69) is 26.6 Å². The number of nitrogens with one attached hydrogen (secondary N) is 2. The molecule has 0 aliphatic rings. The van der Waals surface area contributed by atoms with Crippen molar-refractivity contribution in [2.75, 3.05) is 26.2 Å². The molecule has 0 saturated carbocycles. The summed E-state index contributed by atoms with van der Waals surface area (Å²) in [5.41, 5.74) is 2.03. The zero-order valence-electron chi connectivity index (χ0n) is 13.7. The molecule has 2 rings (SSSR count). The summed E-state index contributed by atoms with van der Waals surface area (Å²) in [6, 6.07) is 11.4. The van der Waals surface area contributed by atoms with Gasteiger partial charge in [0.15, 0.2) is 0 Å². The summed E-state index contributed by atoms with van der Waals surface area (Å²) in [7, 11) is 0. The molecule has 3 N–H and O–H groups in total. The number of hydrogen-bond donors (Lipinski definition) is 3. The van der Waals surface area contributed by atoms with E-state index in [1.807, 2.05) is 30.3 Å². The van der Waals surface area contributed by atoms with Crippen molar-refractivity contribution < 1.29 is 9.84 Å². The van der Waals surface area contributed by atoms with E-state index in [4.69, 9.17) is 33.0 Å². The van der Waals surface area contributed by atoms with Gasteiger partial charge < -0.3 is 20.5 Å². The number of ether oxygens (including phenoxy) is 1. The molecule has 0 fully saturated rings. The van der Waals surface area contributed by atoms with E-state index in [1.54, 1.807) is 6.07 Å². The van der Waals surface area contributed by atoms with Gasteiger partial charge in [0.25, 0.3) is 0 Å². The van der Waals surface area contributed by atoms with Crippen LogP contribution in [-0.2, 0) is 13.2 Å². The van der Waals surface area contributed by atoms with Crippen molar-refractivity contribution in [3.05, 3.63) is 62.0 Å². The first-order valence-corrected chi connectivity index (χ1v) is 9.52. The predicted molar refractivity (Wildman–Crippen MR) is 107 cm³/mol. The Kier molecular flexibility index (Phi) is 9.03. The average Bonchev–Trinajstić information content (AvgIpc) is 2.60. The van der Waals surface area contributed by atoms with Crippen LogP contribution in [0, 0.1) is 0 Å². The predicted octanol–water partition coefficient (Wildman–Crippen LogP) is 4.01. The maximum Gasteiger partial charge on any atom is 0.124 e. The maximum atomic E-state index is 8.73. The van der Waals surface area contributed by atoms with Crippen LogP contribution in [0.15, 0.2) is 40.9 Å². The largest absolute Gasteiger partial charge is 0.489 e. The number of rotatable bonds is 10. The van der Waals surface area contributed by atoms with Crippen molar-refractivity contribution >= 4 is 39.1 Å². The zero-order valence-corrected chi connectivity index (χ0v) is 16.8. The Bertz CT molecular complexity index is 686. The first kappa shape index (κ1) is 20.5. The molecule has 4 nitrogen and oxygen atoms in total. The maximum absolute atomic E-state index is 8.73. The van der Waals surface area contributed by atoms with Gasteiger partial charge in [-0.2, -0.15) is 0 Å². The lowest BCUT2D eigenvalue weighted by atomic mass is 10.2. The fourth-order valence-electron chi connectivity index (χ4n) is 2.22. The van der Waals surface area contributed by atoms with Crippen molar-refractivity contribution in [3.63, 3.8) is 0 Å². The molecular weight excluding hydrogens is 427 g/mol. The molecule has 0 unspecified atom stereocenters. The molecule has 0 radical (unpaired) electrons. The standard InChI is InChI=1S/C18H21BrCl2N2O2/c19-15-2-4-18(14(10-15)11-23-6-5-22-7-8-24)25-12-13-1-3-16(20)17(21)9-13/h1-4,9-10,22-24H,5-8,11-12H2. The Morgan fingerprint density at radius 2 is 1.76 bits per heavy atom. The van der Waals surface area contributed by atoms with Gasteiger partial charge in [-0.15, -0.1) is 0 Å². The van der Waals surface area contributed by atoms with Crippen molar-refractivity contribution in [3.8, 4) is 5.75 Å². The van der Waals surface area contributed by atoms with Crippen LogP contribution in [0.25, 0.3) is 0 Å². The van der Waals surface area contributed by atoms with E-state index in [1.165, 1.54) is 0 Å². The van der Waals surface area contributed by atoms with E-state index in [-0.39, 0.29) is 6.61 Å². The molecule has 25 heavy (non-hydrogen) atoms. The summed E-state index contributed by atoms with van der Waals surface area (Å²) in [6.07, 6.45) is 0. The van der Waals surface area contributed by atoms with Gasteiger partial charge in [-0.25, -0.2) is 0 Å². The van der Waals surface area contributed by atoms with Gasteiger partial charge >= 0.3 is 0 Å². The number of hydrogen-bond acceptors (Lipinski definition) is 4. The van der Waals surface area contributed by atoms with Crippen LogP contribution in [0.5, 0.6) is 5.75 Å². The molecule has 0 aliphatic heterocycles. The average molecular weight is 448 g/mol. The first-order chi connectivity index (χ1) is 12.1. The molecule has 0 heterocycles. The van der Waals surface area contributed by atoms with Gasteiger partial charge in [0.2, 0.25) is 0 Å². The molecule has 0 saturated heterocycles. The number of halogens is 3. The van der Waals surface area contributed by atoms with Crippen LogP contribution in [0.1, 0.15) is 11.1 Å². The van der Waals surface area contributed by atoms with E-state index in [9.17, 15) is 0 Å². The van der Waals surface area contributed by atoms with Gasteiger partial charge in [0, 0.05) is 36.2 Å². The highest BCUT2D eigenvalue weighted by Crippen LogP contribution is 2.26. The van der Waals surface area contributed by atoms with Crippen LogP contribution in [0.3, 0.4) is 0 Å². The molecule has 0 aromatic heterocycles. The fourth-order valence-corrected chi connectivity index (χ4v) is 2.95. The fraction of sp³-hybridized carbons (Fsp3) is 0.333. The number of aliphatic hydroxyl groups is 1. The summed E-state index contributed by atoms with van der Waals surface area (Å²) in [5, 5.41) is 16.3. The minimum absolute atomic E-state index is 0.151. The van der Waals surface area contributed by atoms with E-state index < -0.39 is 0 Å². The lowest BCUT2D eigenvalue weighted by molar-refractivity contribution is 0.292. The van der Waals surface area contributed by atoms with Gasteiger partial charge in [-0.05, 0) is 35.9 Å². The zero-order chi connectivity index (χ0) is 18.1. The Hall–Kier alpha value is -0.820. The van der Waals surface area contributed by atoms with E-state index in [0.29, 0.717) is 29.7 Å². The highest BCUT2D eigenvalue weighted by molar-refractivity contribution is 9.10. The second-order valence-electron chi connectivity index (χ2n) is 5.44. The van der Waals surface area contributed by atoms with E-state index >= 15 is 0 Å². The smallest absolute Gasteiger partial charge is 0.124 e. The minimum Gasteiger partial charge on any atom is -0.489 e.